The molecule has 0 bridgehead atoms. The van der Waals surface area contributed by atoms with E-state index in [-0.39, 0.29) is 6.04 Å². The molecule has 1 atom stereocenters. The van der Waals surface area contributed by atoms with Crippen LogP contribution in [0.1, 0.15) is 18.0 Å². The number of benzene rings is 1. The molecular formula is C12H11N3. The molecule has 1 aromatic carbocycles. The van der Waals surface area contributed by atoms with Gasteiger partial charge in [-0.25, -0.2) is 0 Å². The molecule has 0 fully saturated rings. The third-order valence-corrected chi connectivity index (χ3v) is 2.41. The normalized spacial score (nSPS) is 12.3. The first kappa shape index (κ1) is 9.63. The summed E-state index contributed by atoms with van der Waals surface area (Å²) >= 11 is 0. The standard InChI is InChI=1S/C12H11N3/c13-6-5-12(14)11-8-15-7-9-3-1-2-4-10(9)11/h1-4,7-8,12H,5,14H2. The Morgan fingerprint density at radius 3 is 2.93 bits per heavy atom. The molecule has 0 aliphatic carbocycles. The van der Waals surface area contributed by atoms with E-state index < -0.39 is 0 Å². The number of pyridine rings is 1. The van der Waals surface area contributed by atoms with Crippen molar-refractivity contribution >= 4 is 10.8 Å². The predicted molar refractivity (Wildman–Crippen MR) is 58.9 cm³/mol. The van der Waals surface area contributed by atoms with Gasteiger partial charge in [-0.1, -0.05) is 24.3 Å². The molecule has 0 aliphatic heterocycles. The lowest BCUT2D eigenvalue weighted by Crippen LogP contribution is -2.10. The van der Waals surface area contributed by atoms with Crippen LogP contribution in [0.4, 0.5) is 0 Å². The van der Waals surface area contributed by atoms with Gasteiger partial charge in [0.1, 0.15) is 0 Å². The maximum absolute atomic E-state index is 8.62. The molecule has 0 spiro atoms. The maximum atomic E-state index is 8.62. The van der Waals surface area contributed by atoms with E-state index in [0.29, 0.717) is 6.42 Å². The van der Waals surface area contributed by atoms with Crippen LogP contribution in [-0.4, -0.2) is 4.98 Å². The number of hydrogen-bond donors (Lipinski definition) is 1. The van der Waals surface area contributed by atoms with Gasteiger partial charge in [0.05, 0.1) is 12.5 Å². The van der Waals surface area contributed by atoms with Crippen molar-refractivity contribution in [2.75, 3.05) is 0 Å². The van der Waals surface area contributed by atoms with Crippen molar-refractivity contribution < 1.29 is 0 Å². The Hall–Kier alpha value is -1.92. The molecule has 3 nitrogen and oxygen atoms in total. The average Bonchev–Trinajstić information content (AvgIpc) is 2.28. The van der Waals surface area contributed by atoms with E-state index >= 15 is 0 Å². The van der Waals surface area contributed by atoms with Crippen LogP contribution in [0.3, 0.4) is 0 Å². The monoisotopic (exact) mass is 197 g/mol. The Kier molecular flexibility index (Phi) is 2.61. The topological polar surface area (TPSA) is 62.7 Å². The van der Waals surface area contributed by atoms with E-state index in [0.717, 1.165) is 16.3 Å². The van der Waals surface area contributed by atoms with Gasteiger partial charge < -0.3 is 5.73 Å². The second-order valence-electron chi connectivity index (χ2n) is 3.42. The zero-order chi connectivity index (χ0) is 10.7. The molecule has 3 heteroatoms. The Balaban J connectivity index is 2.56. The van der Waals surface area contributed by atoms with Gasteiger partial charge in [0, 0.05) is 23.8 Å². The van der Waals surface area contributed by atoms with Gasteiger partial charge in [-0.05, 0) is 10.9 Å². The van der Waals surface area contributed by atoms with E-state index in [1.807, 2.05) is 24.3 Å². The minimum absolute atomic E-state index is 0.256. The van der Waals surface area contributed by atoms with Gasteiger partial charge in [-0.2, -0.15) is 5.26 Å². The van der Waals surface area contributed by atoms with Crippen LogP contribution in [0.2, 0.25) is 0 Å². The highest BCUT2D eigenvalue weighted by atomic mass is 14.7. The molecule has 2 N–H and O–H groups in total. The summed E-state index contributed by atoms with van der Waals surface area (Å²) in [5, 5.41) is 10.8. The third-order valence-electron chi connectivity index (χ3n) is 2.41. The number of fused-ring (bicyclic) bond motifs is 1. The summed E-state index contributed by atoms with van der Waals surface area (Å²) in [4.78, 5) is 4.13. The molecule has 1 heterocycles. The molecule has 0 amide bonds. The van der Waals surface area contributed by atoms with Crippen molar-refractivity contribution in [2.45, 2.75) is 12.5 Å². The van der Waals surface area contributed by atoms with Crippen molar-refractivity contribution in [2.24, 2.45) is 5.73 Å². The lowest BCUT2D eigenvalue weighted by Gasteiger charge is -2.10. The van der Waals surface area contributed by atoms with Crippen LogP contribution in [0.5, 0.6) is 0 Å². The van der Waals surface area contributed by atoms with Crippen molar-refractivity contribution in [1.82, 2.24) is 4.98 Å². The summed E-state index contributed by atoms with van der Waals surface area (Å²) < 4.78 is 0. The fraction of sp³-hybridized carbons (Fsp3) is 0.167. The fourth-order valence-electron chi connectivity index (χ4n) is 1.64. The number of hydrogen-bond acceptors (Lipinski definition) is 3. The van der Waals surface area contributed by atoms with Gasteiger partial charge in [-0.15, -0.1) is 0 Å². The summed E-state index contributed by atoms with van der Waals surface area (Å²) in [5.74, 6) is 0. The average molecular weight is 197 g/mol. The first-order chi connectivity index (χ1) is 7.33. The highest BCUT2D eigenvalue weighted by molar-refractivity contribution is 5.85. The van der Waals surface area contributed by atoms with Crippen LogP contribution in [-0.2, 0) is 0 Å². The highest BCUT2D eigenvalue weighted by Crippen LogP contribution is 2.22. The molecular weight excluding hydrogens is 186 g/mol. The number of aromatic nitrogens is 1. The summed E-state index contributed by atoms with van der Waals surface area (Å²) in [5.41, 5.74) is 6.85. The lowest BCUT2D eigenvalue weighted by molar-refractivity contribution is 0.751. The maximum Gasteiger partial charge on any atom is 0.0641 e. The smallest absolute Gasteiger partial charge is 0.0641 e. The number of nitriles is 1. The van der Waals surface area contributed by atoms with Gasteiger partial charge in [0.15, 0.2) is 0 Å². The Morgan fingerprint density at radius 1 is 1.33 bits per heavy atom. The molecule has 15 heavy (non-hydrogen) atoms. The molecule has 2 rings (SSSR count). The van der Waals surface area contributed by atoms with Gasteiger partial charge in [-0.3, -0.25) is 4.98 Å². The zero-order valence-corrected chi connectivity index (χ0v) is 8.22. The second kappa shape index (κ2) is 4.07. The fourth-order valence-corrected chi connectivity index (χ4v) is 1.64. The Morgan fingerprint density at radius 2 is 2.13 bits per heavy atom. The molecule has 0 aliphatic rings. The number of rotatable bonds is 2. The molecule has 0 saturated carbocycles. The van der Waals surface area contributed by atoms with Crippen molar-refractivity contribution in [3.8, 4) is 6.07 Å². The quantitative estimate of drug-likeness (QED) is 0.802. The van der Waals surface area contributed by atoms with E-state index in [1.54, 1.807) is 12.4 Å². The van der Waals surface area contributed by atoms with E-state index in [4.69, 9.17) is 11.0 Å². The van der Waals surface area contributed by atoms with Crippen molar-refractivity contribution in [3.05, 3.63) is 42.2 Å². The van der Waals surface area contributed by atoms with Crippen LogP contribution in [0.15, 0.2) is 36.7 Å². The van der Waals surface area contributed by atoms with Crippen molar-refractivity contribution in [1.29, 1.82) is 5.26 Å². The van der Waals surface area contributed by atoms with E-state index in [1.165, 1.54) is 0 Å². The number of nitrogens with two attached hydrogens (primary N) is 1. The largest absolute Gasteiger partial charge is 0.323 e. The summed E-state index contributed by atoms with van der Waals surface area (Å²) in [6.45, 7) is 0. The minimum Gasteiger partial charge on any atom is -0.323 e. The summed E-state index contributed by atoms with van der Waals surface area (Å²) in [6, 6.07) is 9.74. The Labute approximate surface area is 88.2 Å². The SMILES string of the molecule is N#CCC(N)c1cncc2ccccc12. The van der Waals surface area contributed by atoms with Gasteiger partial charge >= 0.3 is 0 Å². The molecule has 1 aromatic heterocycles. The first-order valence-corrected chi connectivity index (χ1v) is 4.78. The van der Waals surface area contributed by atoms with E-state index in [9.17, 15) is 0 Å². The second-order valence-corrected chi connectivity index (χ2v) is 3.42. The highest BCUT2D eigenvalue weighted by Gasteiger charge is 2.09. The van der Waals surface area contributed by atoms with Crippen LogP contribution in [0.25, 0.3) is 10.8 Å². The summed E-state index contributed by atoms with van der Waals surface area (Å²) in [7, 11) is 0. The van der Waals surface area contributed by atoms with Crippen LogP contribution in [0, 0.1) is 11.3 Å². The van der Waals surface area contributed by atoms with Gasteiger partial charge in [0.25, 0.3) is 0 Å². The zero-order valence-electron chi connectivity index (χ0n) is 8.22. The van der Waals surface area contributed by atoms with Gasteiger partial charge in [0.2, 0.25) is 0 Å². The molecule has 0 saturated heterocycles. The lowest BCUT2D eigenvalue weighted by atomic mass is 10.0. The molecule has 1 unspecified atom stereocenters. The van der Waals surface area contributed by atoms with Crippen molar-refractivity contribution in [3.63, 3.8) is 0 Å². The Bertz CT molecular complexity index is 508. The predicted octanol–water partition coefficient (Wildman–Crippen LogP) is 2.15. The summed E-state index contributed by atoms with van der Waals surface area (Å²) in [6.07, 6.45) is 3.86. The van der Waals surface area contributed by atoms with Crippen LogP contribution >= 0.6 is 0 Å². The van der Waals surface area contributed by atoms with Crippen LogP contribution < -0.4 is 5.73 Å². The molecule has 0 radical (unpaired) electrons. The minimum atomic E-state index is -0.256. The third kappa shape index (κ3) is 1.80. The van der Waals surface area contributed by atoms with E-state index in [2.05, 4.69) is 11.1 Å². The first-order valence-electron chi connectivity index (χ1n) is 4.78. The molecule has 2 aromatic rings. The molecule has 74 valence electrons. The number of nitrogens with zero attached hydrogens (tertiary/aromatic N) is 2.